The molecule has 1 aliphatic heterocycles. The number of likely N-dealkylation sites (tertiary alicyclic amines) is 1. The number of carbonyl (C=O) groups is 4. The van der Waals surface area contributed by atoms with E-state index < -0.39 is 11.5 Å². The van der Waals surface area contributed by atoms with Crippen LogP contribution >= 0.6 is 11.6 Å². The standard InChI is InChI=1S/C32H45ClN10O6/c1-7-36-29(45)19-14-20-21(15-22(19)48-17-23(44)38-18-10-12-41(13-11-18)31(47)49-32(4,5)6)43(9-3)24(42(20)8-2)16-37-30(46)25-27(34)40-28(35)26(33)39-25/h14-15,18H,7-13,16-17H2,1-6H3,(H6-,34,35,36,37,38,40,44,45,46)/p+1. The highest BCUT2D eigenvalue weighted by Gasteiger charge is 2.30. The van der Waals surface area contributed by atoms with Crippen molar-refractivity contribution in [2.24, 2.45) is 0 Å². The number of ether oxygens (including phenoxy) is 2. The Bertz CT molecular complexity index is 1730. The molecule has 49 heavy (non-hydrogen) atoms. The van der Waals surface area contributed by atoms with Crippen LogP contribution in [0.1, 0.15) is 81.1 Å². The van der Waals surface area contributed by atoms with Crippen LogP contribution in [0.4, 0.5) is 16.4 Å². The number of benzene rings is 1. The second-order valence-corrected chi connectivity index (χ2v) is 12.9. The van der Waals surface area contributed by atoms with E-state index in [0.717, 1.165) is 16.9 Å². The molecule has 1 aromatic carbocycles. The lowest BCUT2D eigenvalue weighted by Gasteiger charge is -2.33. The van der Waals surface area contributed by atoms with Crippen molar-refractivity contribution in [1.82, 2.24) is 35.4 Å². The van der Waals surface area contributed by atoms with Crippen LogP contribution in [0.2, 0.25) is 5.15 Å². The van der Waals surface area contributed by atoms with Crippen LogP contribution in [0, 0.1) is 0 Å². The fraction of sp³-hybridized carbons (Fsp3) is 0.531. The van der Waals surface area contributed by atoms with Gasteiger partial charge >= 0.3 is 6.09 Å². The first-order valence-electron chi connectivity index (χ1n) is 16.3. The van der Waals surface area contributed by atoms with Crippen molar-refractivity contribution < 1.29 is 33.2 Å². The summed E-state index contributed by atoms with van der Waals surface area (Å²) in [6.07, 6.45) is 0.782. The number of piperidine rings is 1. The Morgan fingerprint density at radius 1 is 1.02 bits per heavy atom. The SMILES string of the molecule is CCNC(=O)c1cc2c(cc1OCC(=O)NC1CCN(C(=O)OC(C)(C)C)CC1)n(CC)c(CNC(=O)c1nc(Cl)c(N)nc1N)[n+]2CC. The van der Waals surface area contributed by atoms with Crippen molar-refractivity contribution >= 4 is 58.1 Å². The fourth-order valence-corrected chi connectivity index (χ4v) is 5.79. The van der Waals surface area contributed by atoms with E-state index in [1.54, 1.807) is 17.0 Å². The first kappa shape index (κ1) is 37.0. The van der Waals surface area contributed by atoms with Crippen LogP contribution in [0.3, 0.4) is 0 Å². The number of nitrogen functional groups attached to an aromatic ring is 2. The molecule has 0 spiro atoms. The molecule has 3 aromatic rings. The number of nitrogens with two attached hydrogens (primary N) is 2. The maximum absolute atomic E-state index is 13.2. The van der Waals surface area contributed by atoms with E-state index in [-0.39, 0.29) is 70.9 Å². The summed E-state index contributed by atoms with van der Waals surface area (Å²) in [5.41, 5.74) is 12.5. The fourth-order valence-electron chi connectivity index (χ4n) is 5.66. The molecule has 17 heteroatoms. The molecular weight excluding hydrogens is 656 g/mol. The lowest BCUT2D eigenvalue weighted by molar-refractivity contribution is -0.676. The normalized spacial score (nSPS) is 13.7. The molecule has 4 amide bonds. The van der Waals surface area contributed by atoms with E-state index in [1.165, 1.54) is 0 Å². The molecule has 266 valence electrons. The zero-order valence-electron chi connectivity index (χ0n) is 28.8. The first-order valence-corrected chi connectivity index (χ1v) is 16.7. The number of hydrogen-bond acceptors (Lipinski definition) is 10. The molecule has 1 aliphatic rings. The number of carbonyl (C=O) groups excluding carboxylic acids is 4. The van der Waals surface area contributed by atoms with Gasteiger partial charge in [-0.25, -0.2) is 23.9 Å². The number of hydrogen-bond donors (Lipinski definition) is 5. The molecule has 0 bridgehead atoms. The zero-order chi connectivity index (χ0) is 36.0. The molecule has 0 saturated carbocycles. The summed E-state index contributed by atoms with van der Waals surface area (Å²) < 4.78 is 15.4. The van der Waals surface area contributed by atoms with Crippen LogP contribution < -0.4 is 36.7 Å². The Morgan fingerprint density at radius 3 is 2.33 bits per heavy atom. The maximum atomic E-state index is 13.2. The van der Waals surface area contributed by atoms with E-state index in [9.17, 15) is 19.2 Å². The van der Waals surface area contributed by atoms with Gasteiger partial charge in [0.25, 0.3) is 23.5 Å². The number of nitrogens with one attached hydrogen (secondary N) is 3. The molecule has 7 N–H and O–H groups in total. The van der Waals surface area contributed by atoms with Gasteiger partial charge in [-0.1, -0.05) is 11.6 Å². The smallest absolute Gasteiger partial charge is 0.410 e. The average Bonchev–Trinajstić information content (AvgIpc) is 3.34. The number of anilines is 2. The monoisotopic (exact) mass is 701 g/mol. The van der Waals surface area contributed by atoms with Gasteiger partial charge in [0.15, 0.2) is 40.1 Å². The van der Waals surface area contributed by atoms with Crippen molar-refractivity contribution in [2.45, 2.75) is 85.7 Å². The quantitative estimate of drug-likeness (QED) is 0.184. The Kier molecular flexibility index (Phi) is 11.7. The summed E-state index contributed by atoms with van der Waals surface area (Å²) in [4.78, 5) is 61.1. The number of fused-ring (bicyclic) bond motifs is 1. The Balaban J connectivity index is 1.53. The third-order valence-corrected chi connectivity index (χ3v) is 8.17. The van der Waals surface area contributed by atoms with Crippen LogP contribution in [-0.4, -0.2) is 81.1 Å². The van der Waals surface area contributed by atoms with Gasteiger partial charge in [0.05, 0.1) is 18.7 Å². The minimum absolute atomic E-state index is 0.0790. The summed E-state index contributed by atoms with van der Waals surface area (Å²) in [5.74, 6) is -0.552. The van der Waals surface area contributed by atoms with Gasteiger partial charge in [0.2, 0.25) is 0 Å². The maximum Gasteiger partial charge on any atom is 0.410 e. The predicted octanol–water partition coefficient (Wildman–Crippen LogP) is 2.15. The van der Waals surface area contributed by atoms with E-state index >= 15 is 0 Å². The third kappa shape index (κ3) is 8.79. The molecule has 0 radical (unpaired) electrons. The number of amides is 4. The topological polar surface area (TPSA) is 213 Å². The minimum Gasteiger partial charge on any atom is -0.483 e. The zero-order valence-corrected chi connectivity index (χ0v) is 29.6. The summed E-state index contributed by atoms with van der Waals surface area (Å²) >= 11 is 5.97. The summed E-state index contributed by atoms with van der Waals surface area (Å²) in [6, 6.07) is 3.32. The summed E-state index contributed by atoms with van der Waals surface area (Å²) in [7, 11) is 0. The van der Waals surface area contributed by atoms with Crippen molar-refractivity contribution in [1.29, 1.82) is 0 Å². The first-order chi connectivity index (χ1) is 23.2. The highest BCUT2D eigenvalue weighted by molar-refractivity contribution is 6.31. The van der Waals surface area contributed by atoms with Gasteiger partial charge < -0.3 is 41.8 Å². The van der Waals surface area contributed by atoms with Crippen molar-refractivity contribution in [2.75, 3.05) is 37.7 Å². The number of imidazole rings is 1. The number of rotatable bonds is 11. The second-order valence-electron chi connectivity index (χ2n) is 12.5. The largest absolute Gasteiger partial charge is 0.483 e. The molecule has 3 heterocycles. The van der Waals surface area contributed by atoms with Crippen LogP contribution in [-0.2, 0) is 29.2 Å². The van der Waals surface area contributed by atoms with Gasteiger partial charge in [-0.15, -0.1) is 0 Å². The number of aromatic nitrogens is 4. The Morgan fingerprint density at radius 2 is 1.71 bits per heavy atom. The lowest BCUT2D eigenvalue weighted by atomic mass is 10.1. The molecule has 0 atom stereocenters. The number of halogens is 1. The molecule has 4 rings (SSSR count). The van der Waals surface area contributed by atoms with E-state index in [4.69, 9.17) is 32.5 Å². The van der Waals surface area contributed by atoms with Crippen LogP contribution in [0.5, 0.6) is 5.75 Å². The van der Waals surface area contributed by atoms with E-state index in [2.05, 4.69) is 25.9 Å². The molecular formula is C32H46ClN10O6+. The third-order valence-electron chi connectivity index (χ3n) is 7.89. The van der Waals surface area contributed by atoms with Crippen molar-refractivity contribution in [3.63, 3.8) is 0 Å². The van der Waals surface area contributed by atoms with Crippen molar-refractivity contribution in [3.05, 3.63) is 34.4 Å². The van der Waals surface area contributed by atoms with Gasteiger partial charge in [0, 0.05) is 37.8 Å². The number of aryl methyl sites for hydroxylation is 2. The van der Waals surface area contributed by atoms with Gasteiger partial charge in [-0.05, 0) is 54.4 Å². The Hall–Kier alpha value is -4.86. The van der Waals surface area contributed by atoms with Gasteiger partial charge in [-0.3, -0.25) is 14.4 Å². The van der Waals surface area contributed by atoms with Gasteiger partial charge in [0.1, 0.15) is 17.9 Å². The molecule has 1 fully saturated rings. The van der Waals surface area contributed by atoms with Crippen LogP contribution in [0.25, 0.3) is 11.0 Å². The highest BCUT2D eigenvalue weighted by atomic mass is 35.5. The minimum atomic E-state index is -0.587. The van der Waals surface area contributed by atoms with E-state index in [0.29, 0.717) is 45.6 Å². The summed E-state index contributed by atoms with van der Waals surface area (Å²) in [5, 5.41) is 8.49. The lowest BCUT2D eigenvalue weighted by Crippen LogP contribution is -2.48. The predicted molar refractivity (Wildman–Crippen MR) is 183 cm³/mol. The highest BCUT2D eigenvalue weighted by Crippen LogP contribution is 2.27. The summed E-state index contributed by atoms with van der Waals surface area (Å²) in [6.45, 7) is 13.3. The van der Waals surface area contributed by atoms with E-state index in [1.807, 2.05) is 50.7 Å². The second kappa shape index (κ2) is 15.6. The molecule has 2 aromatic heterocycles. The molecule has 16 nitrogen and oxygen atoms in total. The van der Waals surface area contributed by atoms with Crippen LogP contribution in [0.15, 0.2) is 12.1 Å². The average molecular weight is 702 g/mol. The Labute approximate surface area is 289 Å². The molecule has 1 saturated heterocycles. The van der Waals surface area contributed by atoms with Gasteiger partial charge in [-0.2, -0.15) is 0 Å². The molecule has 0 unspecified atom stereocenters. The molecule has 0 aliphatic carbocycles. The number of nitrogens with zero attached hydrogens (tertiary/aromatic N) is 5. The van der Waals surface area contributed by atoms with Crippen molar-refractivity contribution in [3.8, 4) is 5.75 Å².